The summed E-state index contributed by atoms with van der Waals surface area (Å²) in [7, 11) is 2.20. The minimum absolute atomic E-state index is 0.762. The van der Waals surface area contributed by atoms with Gasteiger partial charge in [0, 0.05) is 30.7 Å². The zero-order valence-corrected chi connectivity index (χ0v) is 14.0. The highest BCUT2D eigenvalue weighted by atomic mass is 15.1. The van der Waals surface area contributed by atoms with Crippen LogP contribution in [0.2, 0.25) is 0 Å². The fourth-order valence-electron chi connectivity index (χ4n) is 3.34. The molecule has 1 aliphatic rings. The number of nitrogens with zero attached hydrogens (tertiary/aromatic N) is 4. The lowest BCUT2D eigenvalue weighted by molar-refractivity contribution is 0.226. The number of rotatable bonds is 4. The summed E-state index contributed by atoms with van der Waals surface area (Å²) in [5, 5.41) is 3.61. The summed E-state index contributed by atoms with van der Waals surface area (Å²) in [6.45, 7) is 3.45. The molecule has 3 aromatic rings. The van der Waals surface area contributed by atoms with Crippen LogP contribution in [-0.4, -0.2) is 46.0 Å². The maximum absolute atomic E-state index is 4.50. The number of hydrogen-bond acceptors (Lipinski definition) is 4. The molecule has 0 radical (unpaired) electrons. The van der Waals surface area contributed by atoms with Crippen molar-refractivity contribution in [3.8, 4) is 11.3 Å². The SMILES string of the molecule is CN1CCC(CNc2ccc3ncc(-c4cccnc4)n3c2)CC1. The van der Waals surface area contributed by atoms with Gasteiger partial charge in [-0.3, -0.25) is 9.38 Å². The van der Waals surface area contributed by atoms with Crippen LogP contribution in [-0.2, 0) is 0 Å². The van der Waals surface area contributed by atoms with Crippen molar-refractivity contribution in [2.24, 2.45) is 5.92 Å². The number of aromatic nitrogens is 3. The second-order valence-electron chi connectivity index (χ2n) is 6.66. The lowest BCUT2D eigenvalue weighted by Gasteiger charge is -2.29. The average molecular weight is 321 g/mol. The van der Waals surface area contributed by atoms with E-state index in [1.54, 1.807) is 6.20 Å². The van der Waals surface area contributed by atoms with E-state index in [1.165, 1.54) is 25.9 Å². The molecule has 24 heavy (non-hydrogen) atoms. The van der Waals surface area contributed by atoms with E-state index in [4.69, 9.17) is 0 Å². The third-order valence-corrected chi connectivity index (χ3v) is 4.90. The van der Waals surface area contributed by atoms with Gasteiger partial charge in [-0.15, -0.1) is 0 Å². The zero-order valence-electron chi connectivity index (χ0n) is 14.0. The molecule has 5 heteroatoms. The first kappa shape index (κ1) is 15.1. The van der Waals surface area contributed by atoms with Crippen molar-refractivity contribution < 1.29 is 0 Å². The van der Waals surface area contributed by atoms with E-state index in [2.05, 4.69) is 56.0 Å². The topological polar surface area (TPSA) is 45.5 Å². The Bertz CT molecular complexity index is 803. The van der Waals surface area contributed by atoms with Crippen LogP contribution in [0.1, 0.15) is 12.8 Å². The van der Waals surface area contributed by atoms with Crippen LogP contribution in [0.4, 0.5) is 5.69 Å². The largest absolute Gasteiger partial charge is 0.384 e. The lowest BCUT2D eigenvalue weighted by atomic mass is 9.97. The molecule has 4 heterocycles. The van der Waals surface area contributed by atoms with Crippen LogP contribution in [0.3, 0.4) is 0 Å². The molecule has 5 nitrogen and oxygen atoms in total. The highest BCUT2D eigenvalue weighted by Gasteiger charge is 2.16. The summed E-state index contributed by atoms with van der Waals surface area (Å²) in [5.41, 5.74) is 4.25. The first-order valence-electron chi connectivity index (χ1n) is 8.59. The van der Waals surface area contributed by atoms with Gasteiger partial charge >= 0.3 is 0 Å². The number of piperidine rings is 1. The summed E-state index contributed by atoms with van der Waals surface area (Å²) >= 11 is 0. The minimum Gasteiger partial charge on any atom is -0.384 e. The highest BCUT2D eigenvalue weighted by molar-refractivity contribution is 5.64. The Morgan fingerprint density at radius 2 is 2.04 bits per heavy atom. The third-order valence-electron chi connectivity index (χ3n) is 4.90. The Morgan fingerprint density at radius 3 is 2.83 bits per heavy atom. The smallest absolute Gasteiger partial charge is 0.137 e. The number of likely N-dealkylation sites (tertiary alicyclic amines) is 1. The molecule has 0 saturated carbocycles. The molecule has 0 aromatic carbocycles. The Kier molecular flexibility index (Phi) is 4.17. The van der Waals surface area contributed by atoms with Crippen LogP contribution in [0.15, 0.2) is 49.1 Å². The molecule has 0 atom stereocenters. The summed E-state index contributed by atoms with van der Waals surface area (Å²) in [6.07, 6.45) is 10.3. The van der Waals surface area contributed by atoms with Gasteiger partial charge < -0.3 is 10.2 Å². The zero-order chi connectivity index (χ0) is 16.4. The summed E-state index contributed by atoms with van der Waals surface area (Å²) in [5.74, 6) is 0.762. The van der Waals surface area contributed by atoms with Gasteiger partial charge in [0.15, 0.2) is 0 Å². The van der Waals surface area contributed by atoms with E-state index in [0.717, 1.165) is 35.1 Å². The van der Waals surface area contributed by atoms with Gasteiger partial charge in [0.1, 0.15) is 5.65 Å². The van der Waals surface area contributed by atoms with Crippen LogP contribution in [0.5, 0.6) is 0 Å². The molecule has 0 unspecified atom stereocenters. The van der Waals surface area contributed by atoms with Gasteiger partial charge in [-0.2, -0.15) is 0 Å². The first-order valence-corrected chi connectivity index (χ1v) is 8.59. The predicted octanol–water partition coefficient (Wildman–Crippen LogP) is 3.15. The number of fused-ring (bicyclic) bond motifs is 1. The molecule has 0 spiro atoms. The Balaban J connectivity index is 1.52. The Morgan fingerprint density at radius 1 is 1.17 bits per heavy atom. The second kappa shape index (κ2) is 6.61. The minimum atomic E-state index is 0.762. The number of anilines is 1. The molecule has 1 aliphatic heterocycles. The van der Waals surface area contributed by atoms with Gasteiger partial charge in [0.05, 0.1) is 17.6 Å². The predicted molar refractivity (Wildman–Crippen MR) is 97.1 cm³/mol. The normalized spacial score (nSPS) is 16.5. The van der Waals surface area contributed by atoms with Crippen LogP contribution in [0, 0.1) is 5.92 Å². The van der Waals surface area contributed by atoms with Crippen LogP contribution >= 0.6 is 0 Å². The van der Waals surface area contributed by atoms with Gasteiger partial charge in [-0.05, 0) is 63.2 Å². The highest BCUT2D eigenvalue weighted by Crippen LogP contribution is 2.22. The molecule has 1 N–H and O–H groups in total. The number of imidazole rings is 1. The van der Waals surface area contributed by atoms with Gasteiger partial charge in [0.2, 0.25) is 0 Å². The fourth-order valence-corrected chi connectivity index (χ4v) is 3.34. The molecule has 1 fully saturated rings. The quantitative estimate of drug-likeness (QED) is 0.802. The number of nitrogens with one attached hydrogen (secondary N) is 1. The molecule has 1 saturated heterocycles. The van der Waals surface area contributed by atoms with E-state index >= 15 is 0 Å². The van der Waals surface area contributed by atoms with Crippen molar-refractivity contribution in [3.05, 3.63) is 49.1 Å². The maximum Gasteiger partial charge on any atom is 0.137 e. The summed E-state index contributed by atoms with van der Waals surface area (Å²) < 4.78 is 2.13. The molecule has 0 aliphatic carbocycles. The maximum atomic E-state index is 4.50. The van der Waals surface area contributed by atoms with Crippen molar-refractivity contribution in [3.63, 3.8) is 0 Å². The Hall–Kier alpha value is -2.40. The summed E-state index contributed by atoms with van der Waals surface area (Å²) in [4.78, 5) is 11.1. The van der Waals surface area contributed by atoms with E-state index < -0.39 is 0 Å². The molecule has 0 bridgehead atoms. The van der Waals surface area contributed by atoms with Crippen molar-refractivity contribution in [2.75, 3.05) is 32.0 Å². The second-order valence-corrected chi connectivity index (χ2v) is 6.66. The van der Waals surface area contributed by atoms with E-state index in [-0.39, 0.29) is 0 Å². The molecule has 3 aromatic heterocycles. The van der Waals surface area contributed by atoms with Gasteiger partial charge in [-0.25, -0.2) is 4.98 Å². The number of pyridine rings is 2. The number of hydrogen-bond donors (Lipinski definition) is 1. The van der Waals surface area contributed by atoms with E-state index in [9.17, 15) is 0 Å². The monoisotopic (exact) mass is 321 g/mol. The van der Waals surface area contributed by atoms with Crippen molar-refractivity contribution in [1.82, 2.24) is 19.3 Å². The average Bonchev–Trinajstić information content (AvgIpc) is 3.05. The lowest BCUT2D eigenvalue weighted by Crippen LogP contribution is -2.32. The van der Waals surface area contributed by atoms with Crippen molar-refractivity contribution in [2.45, 2.75) is 12.8 Å². The fraction of sp³-hybridized carbons (Fsp3) is 0.368. The molecular weight excluding hydrogens is 298 g/mol. The molecule has 0 amide bonds. The third kappa shape index (κ3) is 3.12. The van der Waals surface area contributed by atoms with Gasteiger partial charge in [-0.1, -0.05) is 0 Å². The van der Waals surface area contributed by atoms with E-state index in [0.29, 0.717) is 0 Å². The molecule has 4 rings (SSSR count). The van der Waals surface area contributed by atoms with E-state index in [1.807, 2.05) is 18.5 Å². The summed E-state index contributed by atoms with van der Waals surface area (Å²) in [6, 6.07) is 8.20. The standard InChI is InChI=1S/C19H23N5/c1-23-9-6-15(7-10-23)11-21-17-4-5-19-22-13-18(24(19)14-17)16-3-2-8-20-12-16/h2-5,8,12-15,21H,6-7,9-11H2,1H3. The molecule has 124 valence electrons. The van der Waals surface area contributed by atoms with Crippen molar-refractivity contribution >= 4 is 11.3 Å². The van der Waals surface area contributed by atoms with Gasteiger partial charge in [0.25, 0.3) is 0 Å². The molecular formula is C19H23N5. The van der Waals surface area contributed by atoms with Crippen LogP contribution < -0.4 is 5.32 Å². The van der Waals surface area contributed by atoms with Crippen LogP contribution in [0.25, 0.3) is 16.9 Å². The Labute approximate surface area is 142 Å². The van der Waals surface area contributed by atoms with Crippen molar-refractivity contribution in [1.29, 1.82) is 0 Å². The first-order chi connectivity index (χ1) is 11.8.